The third kappa shape index (κ3) is 5.34. The molecule has 2 amide bonds. The van der Waals surface area contributed by atoms with Gasteiger partial charge in [0.15, 0.2) is 0 Å². The molecule has 2 unspecified atom stereocenters. The third-order valence-corrected chi connectivity index (χ3v) is 9.38. The lowest BCUT2D eigenvalue weighted by atomic mass is 9.76. The second-order valence-corrected chi connectivity index (χ2v) is 12.1. The van der Waals surface area contributed by atoms with Crippen LogP contribution in [0.3, 0.4) is 0 Å². The van der Waals surface area contributed by atoms with E-state index < -0.39 is 29.0 Å². The van der Waals surface area contributed by atoms with Crippen LogP contribution in [-0.2, 0) is 32.5 Å². The molecular formula is C30H36F4N6O3. The van der Waals surface area contributed by atoms with Gasteiger partial charge in [0.05, 0.1) is 36.4 Å². The van der Waals surface area contributed by atoms with Crippen LogP contribution in [0.4, 0.5) is 23.4 Å². The largest absolute Gasteiger partial charge is 0.419 e. The van der Waals surface area contributed by atoms with E-state index in [0.717, 1.165) is 12.5 Å². The Hall–Kier alpha value is -3.32. The number of anilines is 1. The number of hydrogen-bond donors (Lipinski definition) is 2. The Bertz CT molecular complexity index is 1400. The highest BCUT2D eigenvalue weighted by Crippen LogP contribution is 2.43. The molecule has 1 aromatic heterocycles. The minimum Gasteiger partial charge on any atom is -0.381 e. The van der Waals surface area contributed by atoms with Gasteiger partial charge in [-0.05, 0) is 52.1 Å². The maximum absolute atomic E-state index is 15.0. The van der Waals surface area contributed by atoms with E-state index in [0.29, 0.717) is 81.6 Å². The number of amides is 2. The number of likely N-dealkylation sites (tertiary alicyclic amines) is 1. The maximum Gasteiger partial charge on any atom is 0.419 e. The van der Waals surface area contributed by atoms with Crippen LogP contribution in [0.25, 0.3) is 0 Å². The SMILES string of the molecule is Cc1nc(N[C@H](C)c2cccc(C(F)(F)F)c2F)c2c(n1)C1(CCNC1)C(=O)N(C1CCN(C(=O)C3CCOC3)CC1)C2. The van der Waals surface area contributed by atoms with E-state index in [4.69, 9.17) is 9.72 Å². The molecule has 3 saturated heterocycles. The molecule has 0 saturated carbocycles. The van der Waals surface area contributed by atoms with Crippen molar-refractivity contribution in [2.45, 2.75) is 69.8 Å². The summed E-state index contributed by atoms with van der Waals surface area (Å²) in [7, 11) is 0. The molecule has 9 nitrogen and oxygen atoms in total. The number of fused-ring (bicyclic) bond motifs is 2. The standard InChI is InChI=1S/C30H36F4N6O3/c1-17(21-4-3-5-23(24(21)31)30(32,33)34)36-26-22-14-40(20-6-11-39(12-7-20)27(41)19-8-13-43-15-19)28(42)29(9-10-35-16-29)25(22)37-18(2)38-26/h3-5,17,19-20,35H,6-16H2,1-2H3,(H,36,37,38)/t17-,19?,29?/m1/s1. The Morgan fingerprint density at radius 3 is 2.63 bits per heavy atom. The van der Waals surface area contributed by atoms with Crippen molar-refractivity contribution in [1.29, 1.82) is 0 Å². The van der Waals surface area contributed by atoms with Crippen molar-refractivity contribution >= 4 is 17.6 Å². The van der Waals surface area contributed by atoms with E-state index in [2.05, 4.69) is 15.6 Å². The summed E-state index contributed by atoms with van der Waals surface area (Å²) < 4.78 is 60.7. The minimum absolute atomic E-state index is 0.0139. The molecule has 1 spiro atoms. The van der Waals surface area contributed by atoms with Gasteiger partial charge in [0, 0.05) is 43.4 Å². The van der Waals surface area contributed by atoms with Gasteiger partial charge in [0.1, 0.15) is 22.9 Å². The predicted octanol–water partition coefficient (Wildman–Crippen LogP) is 3.72. The van der Waals surface area contributed by atoms with Gasteiger partial charge >= 0.3 is 6.18 Å². The predicted molar refractivity (Wildman–Crippen MR) is 148 cm³/mol. The molecule has 1 aromatic carbocycles. The zero-order valence-corrected chi connectivity index (χ0v) is 24.3. The van der Waals surface area contributed by atoms with Crippen molar-refractivity contribution in [1.82, 2.24) is 25.1 Å². The van der Waals surface area contributed by atoms with Gasteiger partial charge < -0.3 is 25.2 Å². The van der Waals surface area contributed by atoms with Crippen molar-refractivity contribution in [3.63, 3.8) is 0 Å². The molecule has 0 bridgehead atoms. The van der Waals surface area contributed by atoms with Crippen LogP contribution in [0.1, 0.15) is 66.9 Å². The van der Waals surface area contributed by atoms with Crippen LogP contribution in [0, 0.1) is 18.7 Å². The van der Waals surface area contributed by atoms with Gasteiger partial charge in [-0.1, -0.05) is 12.1 Å². The van der Waals surface area contributed by atoms with Gasteiger partial charge in [-0.3, -0.25) is 9.59 Å². The number of ether oxygens (including phenoxy) is 1. The van der Waals surface area contributed by atoms with Crippen LogP contribution < -0.4 is 10.6 Å². The van der Waals surface area contributed by atoms with E-state index in [1.54, 1.807) is 13.8 Å². The molecule has 232 valence electrons. The molecule has 6 rings (SSSR count). The van der Waals surface area contributed by atoms with Gasteiger partial charge in [-0.25, -0.2) is 14.4 Å². The van der Waals surface area contributed by atoms with Crippen molar-refractivity contribution in [3.8, 4) is 0 Å². The number of carbonyl (C=O) groups excluding carboxylic acids is 2. The first-order valence-corrected chi connectivity index (χ1v) is 14.9. The fraction of sp³-hybridized carbons (Fsp3) is 0.600. The average Bonchev–Trinajstić information content (AvgIpc) is 3.69. The van der Waals surface area contributed by atoms with E-state index in [1.807, 2.05) is 9.80 Å². The van der Waals surface area contributed by atoms with Crippen LogP contribution in [0.5, 0.6) is 0 Å². The number of aryl methyl sites for hydroxylation is 1. The number of rotatable bonds is 5. The lowest BCUT2D eigenvalue weighted by Gasteiger charge is -2.46. The highest BCUT2D eigenvalue weighted by molar-refractivity contribution is 5.91. The van der Waals surface area contributed by atoms with Crippen molar-refractivity contribution in [3.05, 3.63) is 52.2 Å². The number of halogens is 4. The second-order valence-electron chi connectivity index (χ2n) is 12.1. The molecule has 2 aromatic rings. The Morgan fingerprint density at radius 2 is 1.98 bits per heavy atom. The molecule has 3 atom stereocenters. The Morgan fingerprint density at radius 1 is 1.21 bits per heavy atom. The lowest BCUT2D eigenvalue weighted by Crippen LogP contribution is -2.58. The number of nitrogens with zero attached hydrogens (tertiary/aromatic N) is 4. The molecule has 0 aliphatic carbocycles. The quantitative estimate of drug-likeness (QED) is 0.502. The average molecular weight is 605 g/mol. The molecule has 0 radical (unpaired) electrons. The zero-order valence-electron chi connectivity index (χ0n) is 24.3. The van der Waals surface area contributed by atoms with E-state index in [1.165, 1.54) is 12.1 Å². The van der Waals surface area contributed by atoms with Crippen LogP contribution >= 0.6 is 0 Å². The van der Waals surface area contributed by atoms with Gasteiger partial charge in [-0.2, -0.15) is 13.2 Å². The number of piperidine rings is 1. The second kappa shape index (κ2) is 11.3. The summed E-state index contributed by atoms with van der Waals surface area (Å²) in [6.07, 6.45) is -2.29. The summed E-state index contributed by atoms with van der Waals surface area (Å²) in [5.74, 6) is -0.550. The third-order valence-electron chi connectivity index (χ3n) is 9.38. The molecule has 43 heavy (non-hydrogen) atoms. The molecule has 2 N–H and O–H groups in total. The van der Waals surface area contributed by atoms with Crippen LogP contribution in [-0.4, -0.2) is 77.0 Å². The van der Waals surface area contributed by atoms with Gasteiger partial charge in [0.2, 0.25) is 11.8 Å². The Labute approximate surface area is 247 Å². The normalized spacial score (nSPS) is 25.3. The van der Waals surface area contributed by atoms with Crippen LogP contribution in [0.2, 0.25) is 0 Å². The fourth-order valence-electron chi connectivity index (χ4n) is 7.02. The van der Waals surface area contributed by atoms with Gasteiger partial charge in [0.25, 0.3) is 0 Å². The summed E-state index contributed by atoms with van der Waals surface area (Å²) in [6.45, 7) is 6.68. The van der Waals surface area contributed by atoms with Crippen LogP contribution in [0.15, 0.2) is 18.2 Å². The Kier molecular flexibility index (Phi) is 7.82. The van der Waals surface area contributed by atoms with Crippen molar-refractivity contribution in [2.24, 2.45) is 5.92 Å². The highest BCUT2D eigenvalue weighted by atomic mass is 19.4. The molecule has 13 heteroatoms. The summed E-state index contributed by atoms with van der Waals surface area (Å²) in [6, 6.07) is 2.29. The molecule has 3 fully saturated rings. The first-order chi connectivity index (χ1) is 20.5. The number of carbonyl (C=O) groups is 2. The zero-order chi connectivity index (χ0) is 30.5. The number of nitrogens with one attached hydrogen (secondary N) is 2. The first-order valence-electron chi connectivity index (χ1n) is 14.9. The summed E-state index contributed by atoms with van der Waals surface area (Å²) in [5.41, 5.74) is -1.06. The summed E-state index contributed by atoms with van der Waals surface area (Å²) in [5, 5.41) is 6.48. The number of hydrogen-bond acceptors (Lipinski definition) is 7. The van der Waals surface area contributed by atoms with Gasteiger partial charge in [-0.15, -0.1) is 0 Å². The number of alkyl halides is 3. The van der Waals surface area contributed by atoms with Crippen molar-refractivity contribution < 1.29 is 31.9 Å². The molecular weight excluding hydrogens is 568 g/mol. The molecule has 4 aliphatic rings. The molecule has 5 heterocycles. The van der Waals surface area contributed by atoms with E-state index >= 15 is 4.39 Å². The van der Waals surface area contributed by atoms with Crippen molar-refractivity contribution in [2.75, 3.05) is 44.7 Å². The summed E-state index contributed by atoms with van der Waals surface area (Å²) in [4.78, 5) is 40.3. The number of aromatic nitrogens is 2. The smallest absolute Gasteiger partial charge is 0.381 e. The Balaban J connectivity index is 1.29. The monoisotopic (exact) mass is 604 g/mol. The topological polar surface area (TPSA) is 99.7 Å². The lowest BCUT2D eigenvalue weighted by molar-refractivity contribution is -0.144. The number of benzene rings is 1. The minimum atomic E-state index is -4.82. The van der Waals surface area contributed by atoms with E-state index in [9.17, 15) is 22.8 Å². The summed E-state index contributed by atoms with van der Waals surface area (Å²) >= 11 is 0. The fourth-order valence-corrected chi connectivity index (χ4v) is 7.02. The highest BCUT2D eigenvalue weighted by Gasteiger charge is 2.53. The first kappa shape index (κ1) is 29.7. The van der Waals surface area contributed by atoms with E-state index in [-0.39, 0.29) is 35.9 Å². The maximum atomic E-state index is 15.0. The molecule has 4 aliphatic heterocycles.